The summed E-state index contributed by atoms with van der Waals surface area (Å²) in [6.45, 7) is 4.14. The minimum absolute atomic E-state index is 0.571. The first-order chi connectivity index (χ1) is 16.6. The fraction of sp³-hybridized carbons (Fsp3) is 0.308. The molecular formula is C26H27BrClN5S. The second-order valence-corrected chi connectivity index (χ2v) is 10.8. The molecule has 0 saturated carbocycles. The van der Waals surface area contributed by atoms with E-state index in [0.717, 1.165) is 53.4 Å². The van der Waals surface area contributed by atoms with Crippen molar-refractivity contribution in [3.8, 4) is 11.3 Å². The van der Waals surface area contributed by atoms with Crippen molar-refractivity contribution >= 4 is 50.8 Å². The first kappa shape index (κ1) is 23.7. The summed E-state index contributed by atoms with van der Waals surface area (Å²) >= 11 is 11.9. The number of hydrogen-bond donors (Lipinski definition) is 1. The summed E-state index contributed by atoms with van der Waals surface area (Å²) in [5, 5.41) is 8.89. The molecule has 2 aromatic carbocycles. The Labute approximate surface area is 218 Å². The number of nitrogens with zero attached hydrogens (tertiary/aromatic N) is 4. The number of benzene rings is 2. The summed E-state index contributed by atoms with van der Waals surface area (Å²) in [7, 11) is 0. The number of nitrogens with one attached hydrogen (secondary N) is 1. The number of fused-ring (bicyclic) bond motifs is 1. The maximum atomic E-state index is 6.48. The summed E-state index contributed by atoms with van der Waals surface area (Å²) < 4.78 is 2.72. The van der Waals surface area contributed by atoms with Gasteiger partial charge in [-0.1, -0.05) is 48.0 Å². The van der Waals surface area contributed by atoms with E-state index in [4.69, 9.17) is 16.6 Å². The lowest BCUT2D eigenvalue weighted by Crippen LogP contribution is -2.37. The molecule has 8 heteroatoms. The Morgan fingerprint density at radius 3 is 2.85 bits per heavy atom. The summed E-state index contributed by atoms with van der Waals surface area (Å²) in [6.07, 6.45) is 6.39. The van der Waals surface area contributed by atoms with E-state index in [1.165, 1.54) is 23.3 Å². The highest BCUT2D eigenvalue weighted by Crippen LogP contribution is 2.31. The van der Waals surface area contributed by atoms with Gasteiger partial charge in [0.1, 0.15) is 5.82 Å². The van der Waals surface area contributed by atoms with Crippen molar-refractivity contribution in [3.05, 3.63) is 75.9 Å². The van der Waals surface area contributed by atoms with Gasteiger partial charge in [0.2, 0.25) is 0 Å². The van der Waals surface area contributed by atoms with Crippen LogP contribution in [0.5, 0.6) is 0 Å². The van der Waals surface area contributed by atoms with E-state index in [9.17, 15) is 0 Å². The second-order valence-electron chi connectivity index (χ2n) is 8.67. The highest BCUT2D eigenvalue weighted by Gasteiger charge is 2.21. The van der Waals surface area contributed by atoms with E-state index in [1.807, 2.05) is 46.6 Å². The minimum Gasteiger partial charge on any atom is -0.370 e. The van der Waals surface area contributed by atoms with Crippen LogP contribution in [0, 0.1) is 5.92 Å². The number of aromatic nitrogens is 3. The van der Waals surface area contributed by atoms with Gasteiger partial charge in [0, 0.05) is 41.2 Å². The van der Waals surface area contributed by atoms with E-state index in [1.54, 1.807) is 6.20 Å². The molecule has 1 unspecified atom stereocenters. The molecule has 0 spiro atoms. The van der Waals surface area contributed by atoms with Gasteiger partial charge >= 0.3 is 0 Å². The summed E-state index contributed by atoms with van der Waals surface area (Å²) in [5.41, 5.74) is 3.95. The number of halogens is 2. The van der Waals surface area contributed by atoms with Crippen LogP contribution in [-0.4, -0.2) is 45.4 Å². The molecule has 2 aromatic heterocycles. The van der Waals surface area contributed by atoms with Crippen molar-refractivity contribution in [2.45, 2.75) is 24.3 Å². The Morgan fingerprint density at radius 2 is 2.00 bits per heavy atom. The average Bonchev–Trinajstić information content (AvgIpc) is 3.24. The lowest BCUT2D eigenvalue weighted by Gasteiger charge is -2.33. The SMILES string of the molecule is CSc1ccccc1CN1CCCC(CNc2cc(-c3ccccc3Cl)nc3c(Br)cnn23)C1. The Bertz CT molecular complexity index is 1290. The molecular weight excluding hydrogens is 530 g/mol. The maximum Gasteiger partial charge on any atom is 0.172 e. The largest absolute Gasteiger partial charge is 0.370 e. The molecule has 1 aliphatic rings. The smallest absolute Gasteiger partial charge is 0.172 e. The molecule has 1 atom stereocenters. The maximum absolute atomic E-state index is 6.48. The molecule has 1 fully saturated rings. The monoisotopic (exact) mass is 555 g/mol. The fourth-order valence-electron chi connectivity index (χ4n) is 4.65. The predicted molar refractivity (Wildman–Crippen MR) is 146 cm³/mol. The average molecular weight is 557 g/mol. The number of hydrogen-bond acceptors (Lipinski definition) is 5. The molecule has 4 aromatic rings. The normalized spacial score (nSPS) is 16.7. The Balaban J connectivity index is 1.33. The van der Waals surface area contributed by atoms with Crippen molar-refractivity contribution in [2.24, 2.45) is 5.92 Å². The van der Waals surface area contributed by atoms with E-state index in [2.05, 4.69) is 61.8 Å². The van der Waals surface area contributed by atoms with Crippen LogP contribution in [0.1, 0.15) is 18.4 Å². The Hall–Kier alpha value is -2.06. The topological polar surface area (TPSA) is 45.5 Å². The van der Waals surface area contributed by atoms with Crippen molar-refractivity contribution in [1.29, 1.82) is 0 Å². The third-order valence-corrected chi connectivity index (χ3v) is 8.07. The molecule has 1 N–H and O–H groups in total. The zero-order valence-corrected chi connectivity index (χ0v) is 22.2. The van der Waals surface area contributed by atoms with Crippen LogP contribution in [0.2, 0.25) is 5.02 Å². The number of likely N-dealkylation sites (tertiary alicyclic amines) is 1. The van der Waals surface area contributed by atoms with Crippen molar-refractivity contribution < 1.29 is 0 Å². The minimum atomic E-state index is 0.571. The van der Waals surface area contributed by atoms with Crippen molar-refractivity contribution in [1.82, 2.24) is 19.5 Å². The van der Waals surface area contributed by atoms with Gasteiger partial charge in [-0.15, -0.1) is 11.8 Å². The quantitative estimate of drug-likeness (QED) is 0.252. The lowest BCUT2D eigenvalue weighted by atomic mass is 9.97. The molecule has 34 heavy (non-hydrogen) atoms. The van der Waals surface area contributed by atoms with E-state index in [0.29, 0.717) is 10.9 Å². The predicted octanol–water partition coefficient (Wildman–Crippen LogP) is 6.86. The van der Waals surface area contributed by atoms with Gasteiger partial charge in [-0.05, 0) is 65.2 Å². The number of rotatable bonds is 7. The fourth-order valence-corrected chi connectivity index (χ4v) is 5.84. The molecule has 0 radical (unpaired) electrons. The summed E-state index contributed by atoms with van der Waals surface area (Å²) in [5.74, 6) is 1.50. The van der Waals surface area contributed by atoms with Crippen LogP contribution in [0.15, 0.2) is 70.2 Å². The van der Waals surface area contributed by atoms with Gasteiger partial charge in [-0.25, -0.2) is 4.98 Å². The standard InChI is InChI=1S/C26H27BrClN5S/c1-34-24-11-5-2-8-19(24)17-32-12-6-7-18(16-32)14-29-25-13-23(20-9-3-4-10-22(20)28)31-26-21(27)15-30-33(25)26/h2-5,8-11,13,15,18,29H,6-7,12,14,16-17H2,1H3. The zero-order valence-electron chi connectivity index (χ0n) is 19.0. The lowest BCUT2D eigenvalue weighted by molar-refractivity contribution is 0.172. The van der Waals surface area contributed by atoms with Gasteiger partial charge < -0.3 is 5.32 Å². The third-order valence-electron chi connectivity index (χ3n) is 6.34. The van der Waals surface area contributed by atoms with Gasteiger partial charge in [0.25, 0.3) is 0 Å². The van der Waals surface area contributed by atoms with Crippen LogP contribution in [0.25, 0.3) is 16.9 Å². The highest BCUT2D eigenvalue weighted by molar-refractivity contribution is 9.10. The number of thioether (sulfide) groups is 1. The summed E-state index contributed by atoms with van der Waals surface area (Å²) in [4.78, 5) is 8.78. The number of anilines is 1. The van der Waals surface area contributed by atoms with Crippen LogP contribution in [-0.2, 0) is 6.54 Å². The van der Waals surface area contributed by atoms with Crippen molar-refractivity contribution in [2.75, 3.05) is 31.2 Å². The molecule has 3 heterocycles. The van der Waals surface area contributed by atoms with Crippen LogP contribution in [0.3, 0.4) is 0 Å². The molecule has 5 rings (SSSR count). The zero-order chi connectivity index (χ0) is 23.5. The Kier molecular flexibility index (Phi) is 7.44. The van der Waals surface area contributed by atoms with E-state index >= 15 is 0 Å². The van der Waals surface area contributed by atoms with E-state index < -0.39 is 0 Å². The first-order valence-corrected chi connectivity index (χ1v) is 13.9. The molecule has 0 amide bonds. The molecule has 1 saturated heterocycles. The van der Waals surface area contributed by atoms with Crippen LogP contribution < -0.4 is 5.32 Å². The molecule has 0 bridgehead atoms. The van der Waals surface area contributed by atoms with Gasteiger partial charge in [-0.2, -0.15) is 9.61 Å². The van der Waals surface area contributed by atoms with Gasteiger partial charge in [0.05, 0.1) is 16.4 Å². The molecule has 5 nitrogen and oxygen atoms in total. The highest BCUT2D eigenvalue weighted by atomic mass is 79.9. The van der Waals surface area contributed by atoms with E-state index in [-0.39, 0.29) is 0 Å². The van der Waals surface area contributed by atoms with Gasteiger partial charge in [-0.3, -0.25) is 4.90 Å². The molecule has 176 valence electrons. The van der Waals surface area contributed by atoms with Gasteiger partial charge in [0.15, 0.2) is 5.65 Å². The number of piperidine rings is 1. The third kappa shape index (κ3) is 5.13. The second kappa shape index (κ2) is 10.7. The molecule has 1 aliphatic heterocycles. The summed E-state index contributed by atoms with van der Waals surface area (Å²) in [6, 6.07) is 18.6. The van der Waals surface area contributed by atoms with Crippen molar-refractivity contribution in [3.63, 3.8) is 0 Å². The Morgan fingerprint density at radius 1 is 1.18 bits per heavy atom. The molecule has 0 aliphatic carbocycles. The van der Waals surface area contributed by atoms with Crippen LogP contribution >= 0.6 is 39.3 Å². The first-order valence-electron chi connectivity index (χ1n) is 11.5. The van der Waals surface area contributed by atoms with Crippen LogP contribution in [0.4, 0.5) is 5.82 Å².